The van der Waals surface area contributed by atoms with Gasteiger partial charge in [-0.1, -0.05) is 129 Å². The Bertz CT molecular complexity index is 813. The molecule has 6 nitrogen and oxygen atoms in total. The quantitative estimate of drug-likeness (QED) is 0.0594. The van der Waals surface area contributed by atoms with Gasteiger partial charge in [0.05, 0.1) is 0 Å². The van der Waals surface area contributed by atoms with Gasteiger partial charge in [0, 0.05) is 47.5 Å². The Morgan fingerprint density at radius 1 is 0.415 bits per heavy atom. The summed E-state index contributed by atoms with van der Waals surface area (Å²) in [6.45, 7) is 6.92. The number of aromatic nitrogens is 2. The van der Waals surface area contributed by atoms with Crippen molar-refractivity contribution in [2.45, 2.75) is 155 Å². The van der Waals surface area contributed by atoms with Crippen LogP contribution in [0.4, 0.5) is 0 Å². The van der Waals surface area contributed by atoms with Crippen LogP contribution in [0.3, 0.4) is 0 Å². The Kier molecular flexibility index (Phi) is 28.3. The smallest absolute Gasteiger partial charge is 0.168 e. The summed E-state index contributed by atoms with van der Waals surface area (Å²) in [7, 11) is -5.17. The first-order valence-electron chi connectivity index (χ1n) is 16.4. The molecule has 0 aromatic carbocycles. The van der Waals surface area contributed by atoms with Crippen molar-refractivity contribution < 1.29 is 26.7 Å². The molecule has 0 aliphatic heterocycles. The normalized spacial score (nSPS) is 10.8. The summed E-state index contributed by atoms with van der Waals surface area (Å²) in [6.07, 6.45) is 36.9. The third-order valence-electron chi connectivity index (χ3n) is 7.09. The van der Waals surface area contributed by atoms with Crippen LogP contribution in [-0.4, -0.2) is 17.5 Å². The van der Waals surface area contributed by atoms with Gasteiger partial charge in [0.25, 0.3) is 0 Å². The van der Waals surface area contributed by atoms with Crippen molar-refractivity contribution in [1.29, 1.82) is 0 Å². The molecule has 0 saturated carbocycles. The SMILES string of the molecule is CCCCCCCCCCCC[n+]1ccccc1.CCCCCCCCCCCC[n+]1ccccc1.O=S(=O)([O-])[O-]. The van der Waals surface area contributed by atoms with Gasteiger partial charge in [-0.15, -0.1) is 0 Å². The Hall–Kier alpha value is -1.83. The first kappa shape index (κ1) is 39.2. The molecule has 0 saturated heterocycles. The summed E-state index contributed by atoms with van der Waals surface area (Å²) in [4.78, 5) is 0. The van der Waals surface area contributed by atoms with Crippen LogP contribution in [0, 0.1) is 0 Å². The zero-order chi connectivity index (χ0) is 30.3. The molecule has 7 heteroatoms. The lowest BCUT2D eigenvalue weighted by atomic mass is 10.1. The second kappa shape index (κ2) is 29.7. The summed E-state index contributed by atoms with van der Waals surface area (Å²) >= 11 is 0. The van der Waals surface area contributed by atoms with E-state index < -0.39 is 10.4 Å². The fourth-order valence-electron chi connectivity index (χ4n) is 4.73. The van der Waals surface area contributed by atoms with Gasteiger partial charge in [0.15, 0.2) is 24.8 Å². The molecule has 0 atom stereocenters. The number of rotatable bonds is 22. The molecule has 2 aromatic rings. The molecule has 41 heavy (non-hydrogen) atoms. The zero-order valence-corrected chi connectivity index (χ0v) is 27.1. The van der Waals surface area contributed by atoms with Crippen molar-refractivity contribution in [3.05, 3.63) is 61.2 Å². The third kappa shape index (κ3) is 34.3. The van der Waals surface area contributed by atoms with E-state index in [2.05, 4.69) is 84.2 Å². The van der Waals surface area contributed by atoms with Gasteiger partial charge in [-0.05, 0) is 12.8 Å². The molecule has 2 aromatic heterocycles. The summed E-state index contributed by atoms with van der Waals surface area (Å²) in [5.41, 5.74) is 0. The Labute approximate surface area is 253 Å². The van der Waals surface area contributed by atoms with E-state index in [1.165, 1.54) is 142 Å². The summed E-state index contributed by atoms with van der Waals surface area (Å²) in [5, 5.41) is 0. The average molecular weight is 593 g/mol. The molecule has 236 valence electrons. The molecule has 0 amide bonds. The monoisotopic (exact) mass is 592 g/mol. The first-order valence-corrected chi connectivity index (χ1v) is 17.7. The number of aryl methyl sites for hydroxylation is 2. The van der Waals surface area contributed by atoms with Gasteiger partial charge in [-0.3, -0.25) is 8.42 Å². The largest absolute Gasteiger partial charge is 0.759 e. The maximum atomic E-state index is 8.52. The summed E-state index contributed by atoms with van der Waals surface area (Å²) in [6, 6.07) is 12.6. The van der Waals surface area contributed by atoms with E-state index in [-0.39, 0.29) is 0 Å². The molecule has 0 unspecified atom stereocenters. The van der Waals surface area contributed by atoms with E-state index in [0.29, 0.717) is 0 Å². The highest BCUT2D eigenvalue weighted by Gasteiger charge is 1.99. The van der Waals surface area contributed by atoms with E-state index in [1.54, 1.807) is 0 Å². The second-order valence-electron chi connectivity index (χ2n) is 11.0. The number of nitrogens with zero attached hydrogens (tertiary/aromatic N) is 2. The van der Waals surface area contributed by atoms with Gasteiger partial charge >= 0.3 is 0 Å². The highest BCUT2D eigenvalue weighted by molar-refractivity contribution is 7.79. The lowest BCUT2D eigenvalue weighted by Gasteiger charge is -2.06. The highest BCUT2D eigenvalue weighted by atomic mass is 32.3. The van der Waals surface area contributed by atoms with Gasteiger partial charge in [-0.25, -0.2) is 9.13 Å². The van der Waals surface area contributed by atoms with Crippen LogP contribution >= 0.6 is 0 Å². The molecule has 0 fully saturated rings. The molecular weight excluding hydrogens is 532 g/mol. The van der Waals surface area contributed by atoms with Crippen LogP contribution < -0.4 is 9.13 Å². The molecule has 0 radical (unpaired) electrons. The fourth-order valence-corrected chi connectivity index (χ4v) is 4.73. The first-order chi connectivity index (χ1) is 19.9. The lowest BCUT2D eigenvalue weighted by Crippen LogP contribution is -2.32. The van der Waals surface area contributed by atoms with Crippen LogP contribution in [0.2, 0.25) is 0 Å². The van der Waals surface area contributed by atoms with Crippen molar-refractivity contribution in [3.8, 4) is 0 Å². The van der Waals surface area contributed by atoms with Crippen molar-refractivity contribution >= 4 is 10.4 Å². The predicted octanol–water partition coefficient (Wildman–Crippen LogP) is 8.45. The van der Waals surface area contributed by atoms with Crippen molar-refractivity contribution in [1.82, 2.24) is 0 Å². The van der Waals surface area contributed by atoms with Crippen LogP contribution in [0.15, 0.2) is 61.2 Å². The van der Waals surface area contributed by atoms with E-state index >= 15 is 0 Å². The standard InChI is InChI=1S/2C17H30N.H2O4S/c2*1-2-3-4-5-6-7-8-9-10-12-15-18-16-13-11-14-17-18;1-5(2,3)4/h2*11,13-14,16-17H,2-10,12,15H2,1H3;(H2,1,2,3,4)/q2*+1;/p-2. The maximum Gasteiger partial charge on any atom is 0.168 e. The Morgan fingerprint density at radius 2 is 0.634 bits per heavy atom. The second-order valence-corrected chi connectivity index (χ2v) is 11.8. The molecule has 0 N–H and O–H groups in total. The molecule has 0 aliphatic carbocycles. The summed E-state index contributed by atoms with van der Waals surface area (Å²) in [5.74, 6) is 0. The van der Waals surface area contributed by atoms with Crippen molar-refractivity contribution in [3.63, 3.8) is 0 Å². The molecule has 2 heterocycles. The minimum absolute atomic E-state index is 1.18. The Balaban J connectivity index is 0.000000671. The molecular formula is C34H60N2O4S. The minimum Gasteiger partial charge on any atom is -0.759 e. The molecule has 0 spiro atoms. The van der Waals surface area contributed by atoms with Crippen LogP contribution in [-0.2, 0) is 23.5 Å². The van der Waals surface area contributed by atoms with Gasteiger partial charge in [0.2, 0.25) is 0 Å². The topological polar surface area (TPSA) is 88.0 Å². The predicted molar refractivity (Wildman–Crippen MR) is 167 cm³/mol. The van der Waals surface area contributed by atoms with Gasteiger partial charge < -0.3 is 9.11 Å². The molecule has 0 bridgehead atoms. The van der Waals surface area contributed by atoms with Crippen LogP contribution in [0.5, 0.6) is 0 Å². The number of pyridine rings is 2. The number of unbranched alkanes of at least 4 members (excludes halogenated alkanes) is 18. The van der Waals surface area contributed by atoms with E-state index in [4.69, 9.17) is 17.5 Å². The van der Waals surface area contributed by atoms with Gasteiger partial charge in [-0.2, -0.15) is 0 Å². The number of hydrogen-bond donors (Lipinski definition) is 0. The highest BCUT2D eigenvalue weighted by Crippen LogP contribution is 2.11. The zero-order valence-electron chi connectivity index (χ0n) is 26.3. The maximum absolute atomic E-state index is 8.52. The van der Waals surface area contributed by atoms with E-state index in [1.807, 2.05) is 0 Å². The average Bonchev–Trinajstić information content (AvgIpc) is 2.96. The van der Waals surface area contributed by atoms with Crippen LogP contribution in [0.25, 0.3) is 0 Å². The van der Waals surface area contributed by atoms with E-state index in [9.17, 15) is 0 Å². The fraction of sp³-hybridized carbons (Fsp3) is 0.706. The van der Waals surface area contributed by atoms with Crippen LogP contribution in [0.1, 0.15) is 142 Å². The summed E-state index contributed by atoms with van der Waals surface area (Å²) < 4.78 is 38.6. The number of hydrogen-bond acceptors (Lipinski definition) is 4. The Morgan fingerprint density at radius 3 is 0.878 bits per heavy atom. The minimum atomic E-state index is -5.17. The third-order valence-corrected chi connectivity index (χ3v) is 7.09. The molecule has 0 aliphatic rings. The van der Waals surface area contributed by atoms with E-state index in [0.717, 1.165) is 0 Å². The van der Waals surface area contributed by atoms with Crippen molar-refractivity contribution in [2.75, 3.05) is 0 Å². The van der Waals surface area contributed by atoms with Gasteiger partial charge in [0.1, 0.15) is 13.1 Å². The molecule has 2 rings (SSSR count). The van der Waals surface area contributed by atoms with Crippen molar-refractivity contribution in [2.24, 2.45) is 0 Å². The lowest BCUT2D eigenvalue weighted by molar-refractivity contribution is -0.697.